The summed E-state index contributed by atoms with van der Waals surface area (Å²) in [4.78, 5) is 30.6. The Labute approximate surface area is 128 Å². The molecule has 0 N–H and O–H groups in total. The highest BCUT2D eigenvalue weighted by atomic mass is 16.5. The van der Waals surface area contributed by atoms with Crippen LogP contribution in [0.1, 0.15) is 29.8 Å². The Morgan fingerprint density at radius 2 is 2.00 bits per heavy atom. The van der Waals surface area contributed by atoms with E-state index in [0.717, 1.165) is 5.56 Å². The average molecular weight is 301 g/mol. The predicted molar refractivity (Wildman–Crippen MR) is 83.8 cm³/mol. The van der Waals surface area contributed by atoms with Gasteiger partial charge >= 0.3 is 0 Å². The van der Waals surface area contributed by atoms with Gasteiger partial charge in [0.05, 0.1) is 12.2 Å². The van der Waals surface area contributed by atoms with Crippen molar-refractivity contribution in [3.05, 3.63) is 39.8 Å². The lowest BCUT2D eigenvalue weighted by atomic mass is 10.2. The van der Waals surface area contributed by atoms with Crippen LogP contribution in [0.5, 0.6) is 0 Å². The van der Waals surface area contributed by atoms with Crippen LogP contribution in [0.2, 0.25) is 0 Å². The average Bonchev–Trinajstić information content (AvgIpc) is 2.47. The van der Waals surface area contributed by atoms with Crippen molar-refractivity contribution < 1.29 is 9.53 Å². The van der Waals surface area contributed by atoms with Gasteiger partial charge < -0.3 is 9.64 Å². The molecule has 2 aromatic rings. The number of aldehydes is 1. The van der Waals surface area contributed by atoms with Crippen molar-refractivity contribution in [2.75, 3.05) is 18.0 Å². The molecular formula is C16H19N3O3. The van der Waals surface area contributed by atoms with E-state index in [4.69, 9.17) is 4.74 Å². The lowest BCUT2D eigenvalue weighted by molar-refractivity contribution is -0.00550. The van der Waals surface area contributed by atoms with Crippen LogP contribution >= 0.6 is 0 Å². The van der Waals surface area contributed by atoms with Crippen LogP contribution in [-0.2, 0) is 4.74 Å². The van der Waals surface area contributed by atoms with E-state index in [-0.39, 0.29) is 23.3 Å². The van der Waals surface area contributed by atoms with Gasteiger partial charge in [-0.1, -0.05) is 6.07 Å². The molecule has 0 amide bonds. The van der Waals surface area contributed by atoms with E-state index >= 15 is 0 Å². The quantitative estimate of drug-likeness (QED) is 0.785. The van der Waals surface area contributed by atoms with Crippen LogP contribution in [0.3, 0.4) is 0 Å². The second kappa shape index (κ2) is 5.53. The lowest BCUT2D eigenvalue weighted by Crippen LogP contribution is -2.47. The summed E-state index contributed by atoms with van der Waals surface area (Å²) in [7, 11) is 0. The highest BCUT2D eigenvalue weighted by Gasteiger charge is 2.26. The first-order valence-electron chi connectivity index (χ1n) is 7.39. The molecule has 0 aromatic carbocycles. The zero-order valence-electron chi connectivity index (χ0n) is 12.9. The van der Waals surface area contributed by atoms with Gasteiger partial charge in [-0.3, -0.25) is 14.0 Å². The Balaban J connectivity index is 2.22. The van der Waals surface area contributed by atoms with Gasteiger partial charge in [-0.15, -0.1) is 0 Å². The molecule has 2 aromatic heterocycles. The Kier molecular flexibility index (Phi) is 3.70. The van der Waals surface area contributed by atoms with E-state index in [1.54, 1.807) is 12.3 Å². The van der Waals surface area contributed by atoms with Crippen LogP contribution in [-0.4, -0.2) is 41.0 Å². The van der Waals surface area contributed by atoms with E-state index < -0.39 is 0 Å². The van der Waals surface area contributed by atoms with E-state index in [0.29, 0.717) is 30.8 Å². The molecule has 0 saturated carbocycles. The fraction of sp³-hybridized carbons (Fsp3) is 0.438. The van der Waals surface area contributed by atoms with E-state index in [9.17, 15) is 9.59 Å². The highest BCUT2D eigenvalue weighted by molar-refractivity contribution is 5.83. The normalized spacial score (nSPS) is 22.0. The summed E-state index contributed by atoms with van der Waals surface area (Å²) in [6.45, 7) is 7.07. The molecule has 0 unspecified atom stereocenters. The highest BCUT2D eigenvalue weighted by Crippen LogP contribution is 2.21. The largest absolute Gasteiger partial charge is 0.372 e. The number of pyridine rings is 1. The van der Waals surface area contributed by atoms with Gasteiger partial charge in [-0.05, 0) is 32.4 Å². The number of rotatable bonds is 2. The number of carbonyl (C=O) groups is 1. The van der Waals surface area contributed by atoms with Gasteiger partial charge in [0.15, 0.2) is 6.29 Å². The smallest absolute Gasteiger partial charge is 0.270 e. The Morgan fingerprint density at radius 1 is 1.32 bits per heavy atom. The fourth-order valence-electron chi connectivity index (χ4n) is 3.00. The first kappa shape index (κ1) is 14.7. The number of anilines is 1. The molecule has 1 fully saturated rings. The first-order chi connectivity index (χ1) is 10.5. The minimum atomic E-state index is -0.328. The molecule has 6 heteroatoms. The third kappa shape index (κ3) is 2.39. The molecular weight excluding hydrogens is 282 g/mol. The van der Waals surface area contributed by atoms with Gasteiger partial charge in [0.25, 0.3) is 5.56 Å². The number of nitrogens with zero attached hydrogens (tertiary/aromatic N) is 3. The van der Waals surface area contributed by atoms with Gasteiger partial charge in [-0.25, -0.2) is 4.98 Å². The molecule has 22 heavy (non-hydrogen) atoms. The number of hydrogen-bond donors (Lipinski definition) is 0. The maximum atomic E-state index is 12.6. The van der Waals surface area contributed by atoms with Crippen molar-refractivity contribution in [2.24, 2.45) is 0 Å². The fourth-order valence-corrected chi connectivity index (χ4v) is 3.00. The number of ether oxygens (including phenoxy) is 1. The summed E-state index contributed by atoms with van der Waals surface area (Å²) >= 11 is 0. The molecule has 0 spiro atoms. The predicted octanol–water partition coefficient (Wildman–Crippen LogP) is 1.43. The minimum Gasteiger partial charge on any atom is -0.372 e. The molecule has 116 valence electrons. The number of aryl methyl sites for hydroxylation is 1. The maximum Gasteiger partial charge on any atom is 0.270 e. The second-order valence-corrected chi connectivity index (χ2v) is 5.82. The number of carbonyl (C=O) groups excluding carboxylic acids is 1. The van der Waals surface area contributed by atoms with Crippen LogP contribution in [0, 0.1) is 6.92 Å². The van der Waals surface area contributed by atoms with Crippen molar-refractivity contribution in [3.8, 4) is 0 Å². The monoisotopic (exact) mass is 301 g/mol. The molecule has 0 aliphatic carbocycles. The van der Waals surface area contributed by atoms with Crippen molar-refractivity contribution >= 4 is 17.8 Å². The van der Waals surface area contributed by atoms with Crippen LogP contribution in [0.25, 0.3) is 5.65 Å². The van der Waals surface area contributed by atoms with Crippen LogP contribution < -0.4 is 10.5 Å². The third-order valence-electron chi connectivity index (χ3n) is 3.90. The topological polar surface area (TPSA) is 63.9 Å². The minimum absolute atomic E-state index is 0.0281. The molecule has 1 saturated heterocycles. The molecule has 1 aliphatic heterocycles. The van der Waals surface area contributed by atoms with Gasteiger partial charge in [0, 0.05) is 19.3 Å². The van der Waals surface area contributed by atoms with E-state index in [1.807, 2.05) is 31.7 Å². The molecule has 0 radical (unpaired) electrons. The first-order valence-corrected chi connectivity index (χ1v) is 7.39. The Hall–Kier alpha value is -2.21. The number of morpholine rings is 1. The van der Waals surface area contributed by atoms with Crippen molar-refractivity contribution in [1.82, 2.24) is 9.38 Å². The number of aromatic nitrogens is 2. The summed E-state index contributed by atoms with van der Waals surface area (Å²) in [5, 5.41) is 0. The summed E-state index contributed by atoms with van der Waals surface area (Å²) < 4.78 is 7.14. The summed E-state index contributed by atoms with van der Waals surface area (Å²) in [6, 6.07) is 3.68. The standard InChI is InChI=1S/C16H19N3O3/c1-10-5-4-6-19-14(10)17-15(13(9-20)16(19)21)18-7-11(2)22-12(3)8-18/h4-6,9,11-12H,7-8H2,1-3H3/t11-,12-/m1/s1. The van der Waals surface area contributed by atoms with Crippen LogP contribution in [0.15, 0.2) is 23.1 Å². The number of fused-ring (bicyclic) bond motifs is 1. The molecule has 6 nitrogen and oxygen atoms in total. The van der Waals surface area contributed by atoms with Gasteiger partial charge in [0.2, 0.25) is 0 Å². The maximum absolute atomic E-state index is 12.6. The van der Waals surface area contributed by atoms with Crippen LogP contribution in [0.4, 0.5) is 5.82 Å². The third-order valence-corrected chi connectivity index (χ3v) is 3.90. The summed E-state index contributed by atoms with van der Waals surface area (Å²) in [5.74, 6) is 0.455. The van der Waals surface area contributed by atoms with Crippen molar-refractivity contribution in [2.45, 2.75) is 33.0 Å². The molecule has 2 atom stereocenters. The molecule has 3 heterocycles. The zero-order valence-corrected chi connectivity index (χ0v) is 12.9. The van der Waals surface area contributed by atoms with Gasteiger partial charge in [-0.2, -0.15) is 0 Å². The SMILES string of the molecule is Cc1cccn2c(=O)c(C=O)c(N3C[C@@H](C)O[C@H](C)C3)nc12. The molecule has 1 aliphatic rings. The zero-order chi connectivity index (χ0) is 15.9. The van der Waals surface area contributed by atoms with Gasteiger partial charge in [0.1, 0.15) is 17.0 Å². The lowest BCUT2D eigenvalue weighted by Gasteiger charge is -2.36. The van der Waals surface area contributed by atoms with E-state index in [1.165, 1.54) is 4.40 Å². The molecule has 0 bridgehead atoms. The second-order valence-electron chi connectivity index (χ2n) is 5.82. The Bertz CT molecular complexity index is 774. The van der Waals surface area contributed by atoms with E-state index in [2.05, 4.69) is 4.98 Å². The molecule has 3 rings (SSSR count). The van der Waals surface area contributed by atoms with Crippen molar-refractivity contribution in [1.29, 1.82) is 0 Å². The Morgan fingerprint density at radius 3 is 2.64 bits per heavy atom. The number of hydrogen-bond acceptors (Lipinski definition) is 5. The summed E-state index contributed by atoms with van der Waals surface area (Å²) in [6.07, 6.45) is 2.30. The van der Waals surface area contributed by atoms with Crippen molar-refractivity contribution in [3.63, 3.8) is 0 Å². The summed E-state index contributed by atoms with van der Waals surface area (Å²) in [5.41, 5.74) is 1.25.